The standard InChI is InChI=1S/C13H11Cl2N2O.Na/c1-7-11(14)5-4-9(12(7)15)13(18)10-6-17(3)16-8(10)2;/h4-5H,1-3H3;/q-1;+1. The fraction of sp³-hybridized carbons (Fsp3) is 0.231. The van der Waals surface area contributed by atoms with Crippen LogP contribution in [0.3, 0.4) is 0 Å². The minimum Gasteiger partial charge on any atom is -0.365 e. The summed E-state index contributed by atoms with van der Waals surface area (Å²) >= 11 is 12.1. The molecule has 1 aromatic heterocycles. The predicted octanol–water partition coefficient (Wildman–Crippen LogP) is 0.379. The van der Waals surface area contributed by atoms with Crippen molar-refractivity contribution in [1.29, 1.82) is 0 Å². The third kappa shape index (κ3) is 3.23. The normalized spacial score (nSPS) is 10.2. The molecule has 0 N–H and O–H groups in total. The van der Waals surface area contributed by atoms with E-state index in [1.807, 2.05) is 0 Å². The monoisotopic (exact) mass is 304 g/mol. The minimum absolute atomic E-state index is 0. The summed E-state index contributed by atoms with van der Waals surface area (Å²) in [5, 5.41) is 5.02. The van der Waals surface area contributed by atoms with E-state index in [0.717, 1.165) is 0 Å². The van der Waals surface area contributed by atoms with Crippen molar-refractivity contribution in [3.05, 3.63) is 50.8 Å². The topological polar surface area (TPSA) is 34.9 Å². The second kappa shape index (κ2) is 6.42. The Morgan fingerprint density at radius 3 is 2.47 bits per heavy atom. The molecule has 0 amide bonds. The summed E-state index contributed by atoms with van der Waals surface area (Å²) in [5.74, 6) is -0.189. The zero-order valence-electron chi connectivity index (χ0n) is 11.2. The Morgan fingerprint density at radius 1 is 1.32 bits per heavy atom. The van der Waals surface area contributed by atoms with Crippen LogP contribution in [0.4, 0.5) is 0 Å². The second-order valence-electron chi connectivity index (χ2n) is 4.06. The molecule has 0 saturated heterocycles. The van der Waals surface area contributed by atoms with Crippen LogP contribution in [-0.2, 0) is 7.05 Å². The van der Waals surface area contributed by atoms with Gasteiger partial charge >= 0.3 is 29.6 Å². The zero-order valence-corrected chi connectivity index (χ0v) is 14.7. The Hall–Kier alpha value is -0.320. The third-order valence-electron chi connectivity index (χ3n) is 2.73. The van der Waals surface area contributed by atoms with E-state index in [-0.39, 0.29) is 35.3 Å². The molecule has 0 aliphatic heterocycles. The summed E-state index contributed by atoms with van der Waals surface area (Å²) in [6, 6.07) is 3.29. The second-order valence-corrected chi connectivity index (χ2v) is 4.84. The van der Waals surface area contributed by atoms with E-state index >= 15 is 0 Å². The van der Waals surface area contributed by atoms with Gasteiger partial charge in [0.1, 0.15) is 0 Å². The number of nitrogens with zero attached hydrogens (tertiary/aromatic N) is 2. The fourth-order valence-electron chi connectivity index (χ4n) is 1.73. The summed E-state index contributed by atoms with van der Waals surface area (Å²) in [7, 11) is 1.72. The summed E-state index contributed by atoms with van der Waals surface area (Å²) in [4.78, 5) is 12.4. The number of carbonyl (C=O) groups is 1. The van der Waals surface area contributed by atoms with Crippen molar-refractivity contribution in [1.82, 2.24) is 9.78 Å². The van der Waals surface area contributed by atoms with E-state index in [4.69, 9.17) is 23.2 Å². The molecule has 0 bridgehead atoms. The number of aromatic nitrogens is 2. The minimum atomic E-state index is -0.189. The Balaban J connectivity index is 0.00000180. The van der Waals surface area contributed by atoms with Crippen LogP contribution in [0.1, 0.15) is 27.2 Å². The zero-order chi connectivity index (χ0) is 13.4. The maximum Gasteiger partial charge on any atom is 1.00 e. The van der Waals surface area contributed by atoms with Gasteiger partial charge in [0.15, 0.2) is 0 Å². The number of hydrogen-bond donors (Lipinski definition) is 0. The predicted molar refractivity (Wildman–Crippen MR) is 71.4 cm³/mol. The van der Waals surface area contributed by atoms with Gasteiger partial charge in [0.25, 0.3) is 0 Å². The molecule has 94 valence electrons. The molecule has 0 radical (unpaired) electrons. The van der Waals surface area contributed by atoms with Gasteiger partial charge in [-0.15, -0.1) is 5.56 Å². The fourth-order valence-corrected chi connectivity index (χ4v) is 2.19. The first-order valence-electron chi connectivity index (χ1n) is 5.34. The molecule has 0 aliphatic carbocycles. The van der Waals surface area contributed by atoms with Gasteiger partial charge < -0.3 is 9.48 Å². The van der Waals surface area contributed by atoms with Crippen LogP contribution in [0, 0.1) is 20.0 Å². The molecule has 1 heterocycles. The third-order valence-corrected chi connectivity index (χ3v) is 3.62. The Morgan fingerprint density at radius 2 is 1.95 bits per heavy atom. The maximum absolute atomic E-state index is 12.4. The van der Waals surface area contributed by atoms with Crippen LogP contribution in [0.15, 0.2) is 12.1 Å². The molecule has 0 atom stereocenters. The number of hydrogen-bond acceptors (Lipinski definition) is 2. The molecule has 19 heavy (non-hydrogen) atoms. The number of rotatable bonds is 2. The molecule has 0 aliphatic rings. The van der Waals surface area contributed by atoms with Crippen LogP contribution < -0.4 is 29.6 Å². The van der Waals surface area contributed by atoms with Crippen LogP contribution in [0.2, 0.25) is 10.0 Å². The molecule has 1 aromatic carbocycles. The molecule has 6 heteroatoms. The molecule has 0 fully saturated rings. The molecule has 2 rings (SSSR count). The van der Waals surface area contributed by atoms with Gasteiger partial charge in [0.2, 0.25) is 0 Å². The molecule has 2 aromatic rings. The Kier molecular flexibility index (Phi) is 5.65. The van der Waals surface area contributed by atoms with Crippen molar-refractivity contribution in [3.8, 4) is 0 Å². The number of ketones is 1. The molecule has 0 spiro atoms. The largest absolute Gasteiger partial charge is 1.00 e. The summed E-state index contributed by atoms with van der Waals surface area (Å²) in [6.45, 7) is 3.54. The van der Waals surface area contributed by atoms with Gasteiger partial charge in [0, 0.05) is 17.1 Å². The summed E-state index contributed by atoms with van der Waals surface area (Å²) in [6.07, 6.45) is 2.87. The van der Waals surface area contributed by atoms with Crippen molar-refractivity contribution in [3.63, 3.8) is 0 Å². The summed E-state index contributed by atoms with van der Waals surface area (Å²) in [5.41, 5.74) is 2.18. The van der Waals surface area contributed by atoms with E-state index in [2.05, 4.69) is 11.3 Å². The van der Waals surface area contributed by atoms with Crippen molar-refractivity contribution in [2.75, 3.05) is 0 Å². The van der Waals surface area contributed by atoms with Crippen LogP contribution in [0.5, 0.6) is 0 Å². The van der Waals surface area contributed by atoms with E-state index < -0.39 is 0 Å². The average molecular weight is 305 g/mol. The van der Waals surface area contributed by atoms with Crippen LogP contribution >= 0.6 is 23.2 Å². The van der Waals surface area contributed by atoms with Gasteiger partial charge in [-0.05, 0) is 29.8 Å². The smallest absolute Gasteiger partial charge is 0.365 e. The first kappa shape index (κ1) is 16.7. The Bertz CT molecular complexity index is 638. The number of benzene rings is 1. The molecule has 0 unspecified atom stereocenters. The van der Waals surface area contributed by atoms with Crippen molar-refractivity contribution < 1.29 is 34.4 Å². The molecular weight excluding hydrogens is 294 g/mol. The van der Waals surface area contributed by atoms with E-state index in [1.165, 1.54) is 4.68 Å². The summed E-state index contributed by atoms with van der Waals surface area (Å²) < 4.78 is 1.49. The maximum atomic E-state index is 12.4. The first-order valence-corrected chi connectivity index (χ1v) is 6.09. The molecule has 3 nitrogen and oxygen atoms in total. The van der Waals surface area contributed by atoms with Crippen LogP contribution in [-0.4, -0.2) is 15.6 Å². The number of carbonyl (C=O) groups excluding carboxylic acids is 1. The quantitative estimate of drug-likeness (QED) is 0.457. The van der Waals surface area contributed by atoms with Gasteiger partial charge in [-0.1, -0.05) is 42.4 Å². The van der Waals surface area contributed by atoms with E-state index in [9.17, 15) is 4.79 Å². The molecular formula is C13H11Cl2N2NaO. The number of halogens is 2. The van der Waals surface area contributed by atoms with Gasteiger partial charge in [-0.2, -0.15) is 0 Å². The average Bonchev–Trinajstić information content (AvgIpc) is 2.65. The Labute approximate surface area is 144 Å². The van der Waals surface area contributed by atoms with E-state index in [0.29, 0.717) is 32.4 Å². The molecule has 0 saturated carbocycles. The van der Waals surface area contributed by atoms with Crippen molar-refractivity contribution in [2.45, 2.75) is 13.8 Å². The van der Waals surface area contributed by atoms with Crippen molar-refractivity contribution in [2.24, 2.45) is 7.05 Å². The SMILES string of the molecule is Cc1nn(C)[c-]c1C(=O)c1ccc(Cl)c(C)c1Cl.[Na+]. The van der Waals surface area contributed by atoms with Gasteiger partial charge in [0.05, 0.1) is 5.78 Å². The first-order chi connectivity index (χ1) is 8.41. The number of aryl methyl sites for hydroxylation is 2. The van der Waals surface area contributed by atoms with Crippen molar-refractivity contribution >= 4 is 29.0 Å². The van der Waals surface area contributed by atoms with Gasteiger partial charge in [-0.25, -0.2) is 0 Å². The van der Waals surface area contributed by atoms with E-state index in [1.54, 1.807) is 33.0 Å². The van der Waals surface area contributed by atoms with Gasteiger partial charge in [-0.3, -0.25) is 5.10 Å². The van der Waals surface area contributed by atoms with Crippen LogP contribution in [0.25, 0.3) is 0 Å².